The third kappa shape index (κ3) is 1.75. The predicted molar refractivity (Wildman–Crippen MR) is 58.5 cm³/mol. The van der Waals surface area contributed by atoms with E-state index in [1.807, 2.05) is 29.8 Å². The van der Waals surface area contributed by atoms with Crippen LogP contribution in [0.25, 0.3) is 0 Å². The number of aryl methyl sites for hydroxylation is 1. The Balaban J connectivity index is 2.39. The van der Waals surface area contributed by atoms with Gasteiger partial charge in [-0.05, 0) is 25.5 Å². The van der Waals surface area contributed by atoms with E-state index in [4.69, 9.17) is 10.2 Å². The Hall–Kier alpha value is -1.71. The van der Waals surface area contributed by atoms with Crippen molar-refractivity contribution in [3.63, 3.8) is 0 Å². The number of furan rings is 1. The maximum atomic E-state index is 5.88. The van der Waals surface area contributed by atoms with Crippen molar-refractivity contribution in [1.82, 2.24) is 9.78 Å². The monoisotopic (exact) mass is 205 g/mol. The molecule has 1 unspecified atom stereocenters. The normalized spacial score (nSPS) is 12.9. The molecule has 4 heteroatoms. The molecule has 0 saturated heterocycles. The quantitative estimate of drug-likeness (QED) is 0.836. The fourth-order valence-electron chi connectivity index (χ4n) is 1.76. The van der Waals surface area contributed by atoms with E-state index >= 15 is 0 Å². The second-order valence-corrected chi connectivity index (χ2v) is 3.59. The van der Waals surface area contributed by atoms with Crippen LogP contribution in [0.1, 0.15) is 30.8 Å². The Morgan fingerprint density at radius 3 is 2.87 bits per heavy atom. The molecule has 0 saturated carbocycles. The summed E-state index contributed by atoms with van der Waals surface area (Å²) in [4.78, 5) is 0. The molecule has 0 aliphatic heterocycles. The highest BCUT2D eigenvalue weighted by atomic mass is 16.3. The first-order valence-corrected chi connectivity index (χ1v) is 5.07. The smallest absolute Gasteiger partial charge is 0.128 e. The maximum absolute atomic E-state index is 5.88. The second kappa shape index (κ2) is 3.81. The van der Waals surface area contributed by atoms with E-state index in [0.717, 1.165) is 17.9 Å². The van der Waals surface area contributed by atoms with Gasteiger partial charge in [-0.15, -0.1) is 0 Å². The van der Waals surface area contributed by atoms with Crippen molar-refractivity contribution in [3.05, 3.63) is 35.9 Å². The largest absolute Gasteiger partial charge is 0.467 e. The van der Waals surface area contributed by atoms with Gasteiger partial charge < -0.3 is 10.2 Å². The van der Waals surface area contributed by atoms with Crippen molar-refractivity contribution >= 4 is 5.82 Å². The van der Waals surface area contributed by atoms with Crippen LogP contribution >= 0.6 is 0 Å². The molecule has 1 atom stereocenters. The van der Waals surface area contributed by atoms with Crippen molar-refractivity contribution in [2.24, 2.45) is 0 Å². The molecule has 0 fully saturated rings. The van der Waals surface area contributed by atoms with Crippen LogP contribution in [0.2, 0.25) is 0 Å². The number of nitrogens with zero attached hydrogens (tertiary/aromatic N) is 2. The van der Waals surface area contributed by atoms with Gasteiger partial charge in [0.05, 0.1) is 12.0 Å². The lowest BCUT2D eigenvalue weighted by atomic mass is 10.2. The van der Waals surface area contributed by atoms with E-state index in [1.54, 1.807) is 6.26 Å². The molecule has 0 aromatic carbocycles. The molecule has 2 aromatic rings. The molecular formula is C11H15N3O. The average Bonchev–Trinajstić information content (AvgIpc) is 2.79. The first-order chi connectivity index (χ1) is 7.22. The minimum atomic E-state index is 0.0914. The molecule has 4 nitrogen and oxygen atoms in total. The molecule has 80 valence electrons. The minimum Gasteiger partial charge on any atom is -0.467 e. The van der Waals surface area contributed by atoms with Gasteiger partial charge in [-0.3, -0.25) is 0 Å². The zero-order valence-electron chi connectivity index (χ0n) is 8.97. The Bertz CT molecular complexity index is 431. The van der Waals surface area contributed by atoms with Crippen LogP contribution in [-0.4, -0.2) is 9.78 Å². The van der Waals surface area contributed by atoms with Gasteiger partial charge in [0.2, 0.25) is 0 Å². The van der Waals surface area contributed by atoms with Crippen LogP contribution in [-0.2, 0) is 0 Å². The number of hydrogen-bond acceptors (Lipinski definition) is 3. The van der Waals surface area contributed by atoms with E-state index in [0.29, 0.717) is 5.82 Å². The highest BCUT2D eigenvalue weighted by Gasteiger charge is 2.17. The van der Waals surface area contributed by atoms with Crippen LogP contribution in [0.4, 0.5) is 5.82 Å². The molecule has 0 radical (unpaired) electrons. The lowest BCUT2D eigenvalue weighted by Crippen LogP contribution is -2.13. The molecule has 0 aliphatic rings. The van der Waals surface area contributed by atoms with E-state index < -0.39 is 0 Å². The number of nitrogens with two attached hydrogens (primary N) is 1. The summed E-state index contributed by atoms with van der Waals surface area (Å²) >= 11 is 0. The van der Waals surface area contributed by atoms with Crippen molar-refractivity contribution in [2.75, 3.05) is 5.73 Å². The van der Waals surface area contributed by atoms with Crippen LogP contribution in [0.5, 0.6) is 0 Å². The van der Waals surface area contributed by atoms with Gasteiger partial charge in [0, 0.05) is 6.07 Å². The molecule has 2 aromatic heterocycles. The number of anilines is 1. The van der Waals surface area contributed by atoms with Crippen LogP contribution < -0.4 is 5.73 Å². The van der Waals surface area contributed by atoms with Gasteiger partial charge in [0.25, 0.3) is 0 Å². The average molecular weight is 205 g/mol. The summed E-state index contributed by atoms with van der Waals surface area (Å²) in [5.74, 6) is 1.57. The van der Waals surface area contributed by atoms with E-state index in [9.17, 15) is 0 Å². The number of nitrogen functional groups attached to an aromatic ring is 1. The van der Waals surface area contributed by atoms with E-state index in [-0.39, 0.29) is 6.04 Å². The van der Waals surface area contributed by atoms with Crippen molar-refractivity contribution < 1.29 is 4.42 Å². The van der Waals surface area contributed by atoms with Gasteiger partial charge >= 0.3 is 0 Å². The number of rotatable bonds is 3. The van der Waals surface area contributed by atoms with E-state index in [1.165, 1.54) is 0 Å². The Morgan fingerprint density at radius 1 is 1.60 bits per heavy atom. The molecule has 0 bridgehead atoms. The van der Waals surface area contributed by atoms with Crippen LogP contribution in [0.15, 0.2) is 28.9 Å². The SMILES string of the molecule is CCC(c1ccco1)n1nc(C)cc1N. The maximum Gasteiger partial charge on any atom is 0.128 e. The molecule has 2 heterocycles. The van der Waals surface area contributed by atoms with Gasteiger partial charge in [0.15, 0.2) is 0 Å². The molecule has 0 aliphatic carbocycles. The molecular weight excluding hydrogens is 190 g/mol. The zero-order valence-corrected chi connectivity index (χ0v) is 8.97. The summed E-state index contributed by atoms with van der Waals surface area (Å²) in [6.07, 6.45) is 2.57. The Kier molecular flexibility index (Phi) is 2.49. The third-order valence-electron chi connectivity index (χ3n) is 2.44. The van der Waals surface area contributed by atoms with Crippen molar-refractivity contribution in [1.29, 1.82) is 0 Å². The first-order valence-electron chi connectivity index (χ1n) is 5.07. The van der Waals surface area contributed by atoms with Crippen LogP contribution in [0, 0.1) is 6.92 Å². The summed E-state index contributed by atoms with van der Waals surface area (Å²) < 4.78 is 7.20. The highest BCUT2D eigenvalue weighted by Crippen LogP contribution is 2.24. The molecule has 15 heavy (non-hydrogen) atoms. The standard InChI is InChI=1S/C11H15N3O/c1-3-9(10-5-4-6-15-10)14-11(12)7-8(2)13-14/h4-7,9H,3,12H2,1-2H3. The summed E-state index contributed by atoms with van der Waals surface area (Å²) in [6.45, 7) is 4.02. The van der Waals surface area contributed by atoms with Gasteiger partial charge in [-0.25, -0.2) is 4.68 Å². The first kappa shape index (κ1) is 9.83. The Morgan fingerprint density at radius 2 is 2.40 bits per heavy atom. The Labute approximate surface area is 88.7 Å². The fraction of sp³-hybridized carbons (Fsp3) is 0.364. The predicted octanol–water partition coefficient (Wildman–Crippen LogP) is 2.37. The van der Waals surface area contributed by atoms with Crippen molar-refractivity contribution in [2.45, 2.75) is 26.3 Å². The van der Waals surface area contributed by atoms with Crippen molar-refractivity contribution in [3.8, 4) is 0 Å². The van der Waals surface area contributed by atoms with Crippen LogP contribution in [0.3, 0.4) is 0 Å². The topological polar surface area (TPSA) is 57.0 Å². The summed E-state index contributed by atoms with van der Waals surface area (Å²) in [5.41, 5.74) is 6.81. The lowest BCUT2D eigenvalue weighted by Gasteiger charge is -2.14. The van der Waals surface area contributed by atoms with E-state index in [2.05, 4.69) is 12.0 Å². The molecule has 2 rings (SSSR count). The highest BCUT2D eigenvalue weighted by molar-refractivity contribution is 5.32. The number of aromatic nitrogens is 2. The number of hydrogen-bond donors (Lipinski definition) is 1. The molecule has 2 N–H and O–H groups in total. The molecule has 0 amide bonds. The fourth-order valence-corrected chi connectivity index (χ4v) is 1.76. The summed E-state index contributed by atoms with van der Waals surface area (Å²) in [7, 11) is 0. The van der Waals surface area contributed by atoms with Gasteiger partial charge in [0.1, 0.15) is 17.6 Å². The summed E-state index contributed by atoms with van der Waals surface area (Å²) in [6, 6.07) is 5.79. The third-order valence-corrected chi connectivity index (χ3v) is 2.44. The zero-order chi connectivity index (χ0) is 10.8. The molecule has 0 spiro atoms. The van der Waals surface area contributed by atoms with Gasteiger partial charge in [-0.1, -0.05) is 6.92 Å². The minimum absolute atomic E-state index is 0.0914. The van der Waals surface area contributed by atoms with Gasteiger partial charge in [-0.2, -0.15) is 5.10 Å². The second-order valence-electron chi connectivity index (χ2n) is 3.59. The summed E-state index contributed by atoms with van der Waals surface area (Å²) in [5, 5.41) is 4.37. The lowest BCUT2D eigenvalue weighted by molar-refractivity contribution is 0.400.